The molecule has 1 fully saturated rings. The number of carbonyl (C=O) groups excluding carboxylic acids is 3. The molecule has 1 saturated heterocycles. The van der Waals surface area contributed by atoms with Crippen molar-refractivity contribution in [2.75, 3.05) is 37.6 Å². The van der Waals surface area contributed by atoms with Crippen molar-refractivity contribution >= 4 is 40.5 Å². The number of benzene rings is 3. The number of hydrogen-bond donors (Lipinski definition) is 5. The number of halogens is 1. The lowest BCUT2D eigenvalue weighted by Gasteiger charge is -2.35. The number of aromatic carboxylic acids is 1. The number of carboxylic acids is 1. The molecule has 0 radical (unpaired) electrons. The van der Waals surface area contributed by atoms with Crippen molar-refractivity contribution in [3.05, 3.63) is 123 Å². The number of piperazine rings is 1. The number of nitrogens with two attached hydrogens (primary N) is 1. The molecule has 0 bridgehead atoms. The first kappa shape index (κ1) is 44.1. The standard InChI is InChI=1S/C44H53FN8O8/c1-4-50-24-33(42(56)57)41(55)32-22-34(45)38(23-37(32)50)51-17-19-52(20-18-51)44(59)61-27-31-14-12-29(13-15-31)21-39(54)36(11-8-16-46)53-25-35(48-49-53)40(28(2)3)47-43(58)60-26-30-9-6-5-7-10-30/h5-7,9-10,12-15,22-25,28,36,40,48-49H,4,8,11,16-21,26-27,46H2,1-3H3,(H,47,58)(H,56,57)/t36-,40-/m0/s1. The van der Waals surface area contributed by atoms with E-state index in [-0.39, 0.29) is 55.5 Å². The number of fused-ring (bicyclic) bond motifs is 1. The van der Waals surface area contributed by atoms with Gasteiger partial charge in [0.1, 0.15) is 30.6 Å². The Kier molecular flexibility index (Phi) is 14.6. The molecule has 1 aromatic heterocycles. The fraction of sp³-hybridized carbons (Fsp3) is 0.386. The number of ether oxygens (including phenoxy) is 2. The van der Waals surface area contributed by atoms with Gasteiger partial charge >= 0.3 is 18.2 Å². The quantitative estimate of drug-likeness (QED) is 0.0985. The van der Waals surface area contributed by atoms with E-state index in [1.807, 2.05) is 68.4 Å². The van der Waals surface area contributed by atoms with Crippen LogP contribution in [0.2, 0.25) is 0 Å². The summed E-state index contributed by atoms with van der Waals surface area (Å²) in [5, 5.41) is 14.1. The highest BCUT2D eigenvalue weighted by atomic mass is 19.1. The number of carbonyl (C=O) groups is 4. The average Bonchev–Trinajstić information content (AvgIpc) is 3.74. The molecular weight excluding hydrogens is 788 g/mol. The van der Waals surface area contributed by atoms with Crippen molar-refractivity contribution in [3.8, 4) is 0 Å². The maximum absolute atomic E-state index is 15.3. The van der Waals surface area contributed by atoms with Gasteiger partial charge in [-0.1, -0.05) is 68.4 Å². The normalized spacial score (nSPS) is 15.0. The van der Waals surface area contributed by atoms with Crippen molar-refractivity contribution in [1.82, 2.24) is 30.8 Å². The Morgan fingerprint density at radius 1 is 0.934 bits per heavy atom. The first-order valence-electron chi connectivity index (χ1n) is 20.4. The lowest BCUT2D eigenvalue weighted by molar-refractivity contribution is -0.124. The van der Waals surface area contributed by atoms with Crippen LogP contribution in [0.15, 0.2) is 89.6 Å². The molecule has 61 heavy (non-hydrogen) atoms. The monoisotopic (exact) mass is 840 g/mol. The molecule has 2 aliphatic heterocycles. The van der Waals surface area contributed by atoms with Gasteiger partial charge in [-0.25, -0.2) is 18.8 Å². The number of Topliss-reactive ketones (excluding diaryl/α,β-unsaturated/α-hetero) is 1. The van der Waals surface area contributed by atoms with Gasteiger partial charge < -0.3 is 45.4 Å². The van der Waals surface area contributed by atoms with Gasteiger partial charge in [-0.15, -0.1) is 5.53 Å². The van der Waals surface area contributed by atoms with Crippen LogP contribution in [0, 0.1) is 11.7 Å². The summed E-state index contributed by atoms with van der Waals surface area (Å²) in [4.78, 5) is 67.2. The number of anilines is 1. The molecule has 0 spiro atoms. The molecule has 2 amide bonds. The Hall–Kier alpha value is -6.46. The molecule has 17 heteroatoms. The zero-order chi connectivity index (χ0) is 43.6. The van der Waals surface area contributed by atoms with Gasteiger partial charge in [0, 0.05) is 56.9 Å². The van der Waals surface area contributed by atoms with E-state index in [0.29, 0.717) is 50.2 Å². The fourth-order valence-electron chi connectivity index (χ4n) is 7.43. The summed E-state index contributed by atoms with van der Waals surface area (Å²) in [6.45, 7) is 7.88. The maximum Gasteiger partial charge on any atom is 0.410 e. The van der Waals surface area contributed by atoms with Crippen LogP contribution < -0.4 is 32.3 Å². The number of pyridine rings is 1. The van der Waals surface area contributed by atoms with E-state index in [9.17, 15) is 29.1 Å². The summed E-state index contributed by atoms with van der Waals surface area (Å²) in [5.74, 6) is -2.06. The molecule has 0 saturated carbocycles. The number of ketones is 1. The number of hydrogen-bond acceptors (Lipinski definition) is 12. The number of carboxylic acid groups (broad SMARTS) is 1. The first-order chi connectivity index (χ1) is 29.4. The highest BCUT2D eigenvalue weighted by Crippen LogP contribution is 2.27. The van der Waals surface area contributed by atoms with Crippen molar-refractivity contribution in [1.29, 1.82) is 0 Å². The molecule has 0 aliphatic carbocycles. The smallest absolute Gasteiger partial charge is 0.410 e. The first-order valence-corrected chi connectivity index (χ1v) is 20.4. The summed E-state index contributed by atoms with van der Waals surface area (Å²) in [6, 6.07) is 18.4. The SMILES string of the molecule is CCn1cc(C(=O)O)c(=O)c2cc(F)c(N3CCN(C(=O)OCc4ccc(CC(=O)[C@H](CCCN)N5C=C([C@@H](NC(=O)OCc6ccccc6)C(C)C)NN5)cc4)CC3)cc21. The molecule has 3 heterocycles. The van der Waals surface area contributed by atoms with Crippen molar-refractivity contribution in [2.45, 2.75) is 71.9 Å². The molecule has 6 rings (SSSR count). The molecular formula is C44H53FN8O8. The predicted octanol–water partition coefficient (Wildman–Crippen LogP) is 4.65. The summed E-state index contributed by atoms with van der Waals surface area (Å²) >= 11 is 0. The number of amides is 2. The van der Waals surface area contributed by atoms with E-state index in [1.165, 1.54) is 6.20 Å². The Morgan fingerprint density at radius 2 is 1.61 bits per heavy atom. The van der Waals surface area contributed by atoms with Crippen molar-refractivity contribution in [2.24, 2.45) is 11.7 Å². The Labute approximate surface area is 353 Å². The number of nitrogens with zero attached hydrogens (tertiary/aromatic N) is 4. The van der Waals surface area contributed by atoms with Gasteiger partial charge in [0.05, 0.1) is 22.9 Å². The van der Waals surface area contributed by atoms with Crippen molar-refractivity contribution < 1.29 is 38.1 Å². The molecule has 6 N–H and O–H groups in total. The second-order valence-corrected chi connectivity index (χ2v) is 15.4. The van der Waals surface area contributed by atoms with Crippen LogP contribution in [0.4, 0.5) is 19.7 Å². The number of rotatable bonds is 17. The van der Waals surface area contributed by atoms with Gasteiger partial charge in [-0.3, -0.25) is 14.6 Å². The van der Waals surface area contributed by atoms with Crippen LogP contribution in [0.3, 0.4) is 0 Å². The molecule has 4 aromatic rings. The number of aryl methyl sites for hydroxylation is 1. The van der Waals surface area contributed by atoms with Crippen LogP contribution >= 0.6 is 0 Å². The molecule has 16 nitrogen and oxygen atoms in total. The lowest BCUT2D eigenvalue weighted by Crippen LogP contribution is -2.49. The maximum atomic E-state index is 15.3. The molecule has 0 unspecified atom stereocenters. The van der Waals surface area contributed by atoms with Crippen LogP contribution in [-0.2, 0) is 40.4 Å². The third-order valence-corrected chi connectivity index (χ3v) is 10.8. The number of hydrazine groups is 2. The second-order valence-electron chi connectivity index (χ2n) is 15.4. The Bertz CT molecular complexity index is 2290. The highest BCUT2D eigenvalue weighted by Gasteiger charge is 2.32. The minimum Gasteiger partial charge on any atom is -0.477 e. The van der Waals surface area contributed by atoms with E-state index in [0.717, 1.165) is 22.8 Å². The molecule has 3 aromatic carbocycles. The van der Waals surface area contributed by atoms with E-state index >= 15 is 4.39 Å². The van der Waals surface area contributed by atoms with E-state index in [2.05, 4.69) is 16.3 Å². The van der Waals surface area contributed by atoms with Crippen molar-refractivity contribution in [3.63, 3.8) is 0 Å². The van der Waals surface area contributed by atoms with E-state index in [4.69, 9.17) is 15.2 Å². The third kappa shape index (κ3) is 10.8. The lowest BCUT2D eigenvalue weighted by atomic mass is 9.98. The van der Waals surface area contributed by atoms with E-state index < -0.39 is 47.0 Å². The summed E-state index contributed by atoms with van der Waals surface area (Å²) in [5.41, 5.74) is 14.6. The number of alkyl carbamates (subject to hydrolysis) is 1. The van der Waals surface area contributed by atoms with Crippen LogP contribution in [0.5, 0.6) is 0 Å². The predicted molar refractivity (Wildman–Crippen MR) is 227 cm³/mol. The molecule has 324 valence electrons. The van der Waals surface area contributed by atoms with Gasteiger partial charge in [0.2, 0.25) is 5.43 Å². The van der Waals surface area contributed by atoms with Crippen LogP contribution in [-0.4, -0.2) is 88.3 Å². The van der Waals surface area contributed by atoms with Gasteiger partial charge in [-0.2, -0.15) is 0 Å². The van der Waals surface area contributed by atoms with Crippen LogP contribution in [0.25, 0.3) is 10.9 Å². The summed E-state index contributed by atoms with van der Waals surface area (Å²) in [6.07, 6.45) is 3.27. The Morgan fingerprint density at radius 3 is 2.26 bits per heavy atom. The number of nitrogens with one attached hydrogen (secondary N) is 3. The summed E-state index contributed by atoms with van der Waals surface area (Å²) in [7, 11) is 0. The minimum atomic E-state index is -1.37. The van der Waals surface area contributed by atoms with Crippen LogP contribution in [0.1, 0.15) is 60.7 Å². The van der Waals surface area contributed by atoms with Gasteiger partial charge in [0.25, 0.3) is 0 Å². The summed E-state index contributed by atoms with van der Waals surface area (Å²) < 4.78 is 28.0. The fourth-order valence-corrected chi connectivity index (χ4v) is 7.43. The number of aromatic nitrogens is 1. The highest BCUT2D eigenvalue weighted by molar-refractivity contribution is 5.93. The molecule has 2 aliphatic rings. The van der Waals surface area contributed by atoms with Gasteiger partial charge in [-0.05, 0) is 61.1 Å². The van der Waals surface area contributed by atoms with E-state index in [1.54, 1.807) is 38.6 Å². The second kappa shape index (κ2) is 20.2. The largest absolute Gasteiger partial charge is 0.477 e. The minimum absolute atomic E-state index is 0.00191. The topological polar surface area (TPSA) is 201 Å². The zero-order valence-corrected chi connectivity index (χ0v) is 34.6. The zero-order valence-electron chi connectivity index (χ0n) is 34.6. The third-order valence-electron chi connectivity index (χ3n) is 10.8. The molecule has 2 atom stereocenters. The van der Waals surface area contributed by atoms with Gasteiger partial charge in [0.15, 0.2) is 5.78 Å². The average molecular weight is 841 g/mol. The Balaban J connectivity index is 1.00.